The molecule has 1 fully saturated rings. The smallest absolute Gasteiger partial charge is 0.432 e. The van der Waals surface area contributed by atoms with Crippen LogP contribution in [-0.2, 0) is 19.1 Å². The van der Waals surface area contributed by atoms with Gasteiger partial charge in [-0.3, -0.25) is 5.32 Å². The monoisotopic (exact) mass is 537 g/mol. The van der Waals surface area contributed by atoms with E-state index in [4.69, 9.17) is 0 Å². The van der Waals surface area contributed by atoms with Crippen LogP contribution in [0.25, 0.3) is 0 Å². The van der Waals surface area contributed by atoms with Crippen LogP contribution in [0.4, 0.5) is 29.6 Å². The van der Waals surface area contributed by atoms with E-state index in [-0.39, 0.29) is 17.4 Å². The first-order valence-corrected chi connectivity index (χ1v) is 15.6. The Balaban J connectivity index is 1.61. The Kier molecular flexibility index (Phi) is 8.89. The third-order valence-corrected chi connectivity index (χ3v) is 11.1. The molecule has 0 spiro atoms. The van der Waals surface area contributed by atoms with Crippen molar-refractivity contribution in [1.29, 1.82) is 0 Å². The minimum absolute atomic E-state index is 0.0341. The largest absolute Gasteiger partial charge is 0.433 e. The number of aromatic nitrogens is 2. The van der Waals surface area contributed by atoms with Crippen LogP contribution in [0.5, 0.6) is 0 Å². The second kappa shape index (κ2) is 11.4. The van der Waals surface area contributed by atoms with Gasteiger partial charge in [0.1, 0.15) is 17.3 Å². The number of anilines is 2. The summed E-state index contributed by atoms with van der Waals surface area (Å²) in [6.07, 6.45) is 0.520. The van der Waals surface area contributed by atoms with Gasteiger partial charge in [0.15, 0.2) is 8.32 Å². The topological polar surface area (TPSA) is 90.4 Å². The van der Waals surface area contributed by atoms with Gasteiger partial charge in [-0.1, -0.05) is 32.9 Å². The van der Waals surface area contributed by atoms with Crippen LogP contribution in [0.3, 0.4) is 0 Å². The van der Waals surface area contributed by atoms with E-state index in [1.807, 2.05) is 24.1 Å². The van der Waals surface area contributed by atoms with E-state index in [2.05, 4.69) is 41.4 Å². The van der Waals surface area contributed by atoms with E-state index in [1.165, 1.54) is 6.07 Å². The fraction of sp³-hybridized carbons (Fsp3) is 0.577. The molecule has 0 aliphatic carbocycles. The average Bonchev–Trinajstić information content (AvgIpc) is 2.81. The van der Waals surface area contributed by atoms with Gasteiger partial charge in [0.2, 0.25) is 0 Å². The van der Waals surface area contributed by atoms with Gasteiger partial charge in [-0.15, -0.1) is 0 Å². The maximum absolute atomic E-state index is 13.3. The molecular weight excluding hydrogens is 499 g/mol. The van der Waals surface area contributed by atoms with Crippen molar-refractivity contribution in [2.24, 2.45) is 5.92 Å². The minimum Gasteiger partial charge on any atom is -0.432 e. The summed E-state index contributed by atoms with van der Waals surface area (Å²) in [4.78, 5) is 33.0. The number of nitrogens with zero attached hydrogens (tertiary/aromatic N) is 3. The van der Waals surface area contributed by atoms with Gasteiger partial charge >= 0.3 is 12.2 Å². The number of hydrogen-bond acceptors (Lipinski definition) is 5. The summed E-state index contributed by atoms with van der Waals surface area (Å²) in [5.74, 6) is 1.15. The number of carbonyl (C=O) groups excluding carboxylic acids is 1. The summed E-state index contributed by atoms with van der Waals surface area (Å²) < 4.78 is 39.9. The summed E-state index contributed by atoms with van der Waals surface area (Å²) >= 11 is 0. The lowest BCUT2D eigenvalue weighted by atomic mass is 9.99. The van der Waals surface area contributed by atoms with Crippen molar-refractivity contribution in [2.75, 3.05) is 23.3 Å². The van der Waals surface area contributed by atoms with Crippen LogP contribution in [0, 0.1) is 5.92 Å². The molecule has 11 heteroatoms. The zero-order chi connectivity index (χ0) is 27.4. The zero-order valence-electron chi connectivity index (χ0n) is 22.2. The van der Waals surface area contributed by atoms with Crippen LogP contribution in [0.1, 0.15) is 56.9 Å². The molecule has 3 N–H and O–H groups in total. The lowest BCUT2D eigenvalue weighted by Crippen LogP contribution is -2.39. The molecule has 3 rings (SSSR count). The molecular formula is C26H38F3N5O2Si. The van der Waals surface area contributed by atoms with Crippen molar-refractivity contribution in [3.05, 3.63) is 47.3 Å². The average molecular weight is 538 g/mol. The summed E-state index contributed by atoms with van der Waals surface area (Å²) in [7, 11) is -2.29. The Labute approximate surface area is 218 Å². The number of amides is 2. The highest BCUT2D eigenvalue weighted by Gasteiger charge is 2.37. The number of piperidine rings is 1. The summed E-state index contributed by atoms with van der Waals surface area (Å²) in [6.45, 7) is 11.4. The van der Waals surface area contributed by atoms with E-state index in [9.17, 15) is 22.8 Å². The molecule has 0 saturated carbocycles. The Morgan fingerprint density at radius 2 is 1.84 bits per heavy atom. The second-order valence-electron chi connectivity index (χ2n) is 11.1. The predicted molar refractivity (Wildman–Crippen MR) is 142 cm³/mol. The van der Waals surface area contributed by atoms with Crippen molar-refractivity contribution in [1.82, 2.24) is 15.3 Å². The van der Waals surface area contributed by atoms with Crippen molar-refractivity contribution in [3.8, 4) is 0 Å². The number of urea groups is 1. The number of rotatable bonds is 8. The fourth-order valence-electron chi connectivity index (χ4n) is 4.01. The highest BCUT2D eigenvalue weighted by atomic mass is 28.4. The Hall–Kier alpha value is -2.66. The molecule has 0 radical (unpaired) electrons. The Bertz CT molecular complexity index is 1060. The van der Waals surface area contributed by atoms with Gasteiger partial charge in [-0.2, -0.15) is 13.2 Å². The number of pyridine rings is 2. The molecule has 204 valence electrons. The molecule has 0 unspecified atom stereocenters. The molecule has 3 heterocycles. The van der Waals surface area contributed by atoms with Crippen molar-refractivity contribution < 1.29 is 22.8 Å². The predicted octanol–water partition coefficient (Wildman–Crippen LogP) is 5.96. The van der Waals surface area contributed by atoms with Crippen LogP contribution >= 0.6 is 0 Å². The van der Waals surface area contributed by atoms with Crippen LogP contribution in [-0.4, -0.2) is 42.2 Å². The third kappa shape index (κ3) is 7.91. The zero-order valence-corrected chi connectivity index (χ0v) is 23.2. The van der Waals surface area contributed by atoms with Crippen molar-refractivity contribution in [3.63, 3.8) is 0 Å². The fourth-order valence-corrected chi connectivity index (χ4v) is 4.75. The van der Waals surface area contributed by atoms with Crippen LogP contribution in [0.2, 0.25) is 18.1 Å². The summed E-state index contributed by atoms with van der Waals surface area (Å²) in [5, 5.41) is 5.24. The first-order chi connectivity index (χ1) is 17.2. The SMILES string of the molecule is CC1CCN(c2nc(C(F)(F)F)ccc2CNC(=O)Nc2ccc(CCC(C)(C)[Si](C)(C)O)cn2)CC1. The number of halogens is 3. The van der Waals surface area contributed by atoms with Crippen molar-refractivity contribution in [2.45, 2.75) is 77.3 Å². The molecule has 1 aliphatic heterocycles. The second-order valence-corrected chi connectivity index (χ2v) is 15.6. The normalized spacial score (nSPS) is 15.5. The van der Waals surface area contributed by atoms with Gasteiger partial charge in [0.05, 0.1) is 0 Å². The van der Waals surface area contributed by atoms with E-state index in [1.54, 1.807) is 12.3 Å². The lowest BCUT2D eigenvalue weighted by molar-refractivity contribution is -0.141. The van der Waals surface area contributed by atoms with Gasteiger partial charge in [0.25, 0.3) is 0 Å². The molecule has 0 bridgehead atoms. The molecule has 2 amide bonds. The Morgan fingerprint density at radius 3 is 2.41 bits per heavy atom. The molecule has 0 aromatic carbocycles. The summed E-state index contributed by atoms with van der Waals surface area (Å²) in [5.41, 5.74) is 0.597. The van der Waals surface area contributed by atoms with Gasteiger partial charge in [0, 0.05) is 31.4 Å². The first kappa shape index (κ1) is 28.9. The van der Waals surface area contributed by atoms with E-state index < -0.39 is 26.2 Å². The Morgan fingerprint density at radius 1 is 1.16 bits per heavy atom. The number of aryl methyl sites for hydroxylation is 1. The molecule has 2 aromatic rings. The molecule has 37 heavy (non-hydrogen) atoms. The standard InChI is InChI=1S/C26H38F3N5O2Si/c1-18-11-14-34(15-12-18)23-20(7-8-21(32-23)26(27,28)29)17-31-24(35)33-22-9-6-19(16-30-22)10-13-25(2,3)37(4,5)36/h6-9,16,18,36H,10-15,17H2,1-5H3,(H2,30,31,33,35). The molecule has 1 saturated heterocycles. The van der Waals surface area contributed by atoms with Crippen LogP contribution < -0.4 is 15.5 Å². The highest BCUT2D eigenvalue weighted by Crippen LogP contribution is 2.39. The van der Waals surface area contributed by atoms with E-state index >= 15 is 0 Å². The maximum Gasteiger partial charge on any atom is 0.433 e. The first-order valence-electron chi connectivity index (χ1n) is 12.7. The quantitative estimate of drug-likeness (QED) is 0.361. The van der Waals surface area contributed by atoms with Gasteiger partial charge < -0.3 is 15.0 Å². The molecule has 1 aliphatic rings. The van der Waals surface area contributed by atoms with Crippen molar-refractivity contribution >= 4 is 26.0 Å². The number of alkyl halides is 3. The van der Waals surface area contributed by atoms with Crippen LogP contribution in [0.15, 0.2) is 30.5 Å². The maximum atomic E-state index is 13.3. The van der Waals surface area contributed by atoms with Gasteiger partial charge in [-0.05, 0) is 67.4 Å². The molecule has 0 atom stereocenters. The third-order valence-electron chi connectivity index (χ3n) is 7.53. The highest BCUT2D eigenvalue weighted by molar-refractivity contribution is 6.72. The molecule has 7 nitrogen and oxygen atoms in total. The lowest BCUT2D eigenvalue weighted by Gasteiger charge is -2.35. The minimum atomic E-state index is -4.54. The van der Waals surface area contributed by atoms with Gasteiger partial charge in [-0.25, -0.2) is 14.8 Å². The number of nitrogens with one attached hydrogen (secondary N) is 2. The summed E-state index contributed by atoms with van der Waals surface area (Å²) in [6, 6.07) is 5.43. The number of carbonyl (C=O) groups is 1. The molecule has 2 aromatic heterocycles. The van der Waals surface area contributed by atoms with E-state index in [0.29, 0.717) is 30.4 Å². The number of hydrogen-bond donors (Lipinski definition) is 3. The van der Waals surface area contributed by atoms with E-state index in [0.717, 1.165) is 37.3 Å².